The van der Waals surface area contributed by atoms with Gasteiger partial charge < -0.3 is 14.8 Å². The molecule has 0 spiro atoms. The minimum atomic E-state index is -0.541. The summed E-state index contributed by atoms with van der Waals surface area (Å²) >= 11 is 8.65. The van der Waals surface area contributed by atoms with Gasteiger partial charge in [-0.25, -0.2) is 0 Å². The van der Waals surface area contributed by atoms with Crippen molar-refractivity contribution in [3.63, 3.8) is 0 Å². The van der Waals surface area contributed by atoms with E-state index in [-0.39, 0.29) is 11.4 Å². The summed E-state index contributed by atoms with van der Waals surface area (Å²) in [5.41, 5.74) is 1.18. The average Bonchev–Trinajstić information content (AvgIpc) is 3.03. The maximum absolute atomic E-state index is 12.8. The minimum absolute atomic E-state index is 0.194. The number of carbonyl (C=O) groups excluding carboxylic acids is 3. The quantitative estimate of drug-likeness (QED) is 0.353. The molecule has 0 saturated carbocycles. The molecule has 7 nitrogen and oxygen atoms in total. The molecule has 2 aromatic rings. The summed E-state index contributed by atoms with van der Waals surface area (Å²) in [6.07, 6.45) is 3.48. The van der Waals surface area contributed by atoms with Crippen LogP contribution in [-0.2, 0) is 9.59 Å². The van der Waals surface area contributed by atoms with Crippen molar-refractivity contribution < 1.29 is 23.9 Å². The van der Waals surface area contributed by atoms with Crippen LogP contribution in [0.1, 0.15) is 19.4 Å². The van der Waals surface area contributed by atoms with Gasteiger partial charge >= 0.3 is 0 Å². The highest BCUT2D eigenvalue weighted by Crippen LogP contribution is 2.39. The molecule has 0 radical (unpaired) electrons. The molecular weight excluding hydrogens is 484 g/mol. The van der Waals surface area contributed by atoms with Crippen molar-refractivity contribution >= 4 is 63.9 Å². The molecule has 1 fully saturated rings. The number of thioether (sulfide) groups is 2. The fourth-order valence-electron chi connectivity index (χ4n) is 3.05. The molecule has 10 heteroatoms. The van der Waals surface area contributed by atoms with Crippen LogP contribution in [0.4, 0.5) is 10.5 Å². The van der Waals surface area contributed by atoms with Gasteiger partial charge in [0.05, 0.1) is 23.1 Å². The Morgan fingerprint density at radius 3 is 2.64 bits per heavy atom. The van der Waals surface area contributed by atoms with E-state index in [2.05, 4.69) is 5.32 Å². The number of hydrogen-bond acceptors (Lipinski definition) is 7. The Balaban J connectivity index is 1.76. The van der Waals surface area contributed by atoms with Gasteiger partial charge in [0.25, 0.3) is 11.1 Å². The molecule has 1 heterocycles. The van der Waals surface area contributed by atoms with Crippen molar-refractivity contribution in [1.29, 1.82) is 0 Å². The largest absolute Gasteiger partial charge is 0.490 e. The highest BCUT2D eigenvalue weighted by atomic mass is 35.5. The van der Waals surface area contributed by atoms with Crippen molar-refractivity contribution in [1.82, 2.24) is 4.90 Å². The third kappa shape index (κ3) is 6.25. The summed E-state index contributed by atoms with van der Waals surface area (Å²) < 4.78 is 11.2. The first kappa shape index (κ1) is 25.0. The van der Waals surface area contributed by atoms with Gasteiger partial charge in [0.15, 0.2) is 11.5 Å². The summed E-state index contributed by atoms with van der Waals surface area (Å²) in [6.45, 7) is 4.13. The number of benzene rings is 2. The fraction of sp³-hybridized carbons (Fsp3) is 0.261. The van der Waals surface area contributed by atoms with E-state index in [4.69, 9.17) is 21.1 Å². The van der Waals surface area contributed by atoms with Crippen LogP contribution >= 0.6 is 35.1 Å². The Bertz CT molecular complexity index is 1110. The number of carbonyl (C=O) groups is 3. The minimum Gasteiger partial charge on any atom is -0.490 e. The summed E-state index contributed by atoms with van der Waals surface area (Å²) in [7, 11) is 0. The standard InChI is InChI=1S/C23H23ClN2O5S2/c1-4-30-18-10-14(9-17(24)21(18)31-5-2)11-19-22(28)26(23(29)33-19)13-20(27)25-15-7-6-8-16(12-15)32-3/h6-12H,4-5,13H2,1-3H3,(H,25,27)/b19-11+. The van der Waals surface area contributed by atoms with Gasteiger partial charge in [0.2, 0.25) is 5.91 Å². The van der Waals surface area contributed by atoms with Gasteiger partial charge in [0, 0.05) is 10.6 Å². The second-order valence-corrected chi connectivity index (χ2v) is 9.02. The van der Waals surface area contributed by atoms with Crippen LogP contribution < -0.4 is 14.8 Å². The lowest BCUT2D eigenvalue weighted by Gasteiger charge is -2.14. The van der Waals surface area contributed by atoms with E-state index < -0.39 is 17.1 Å². The van der Waals surface area contributed by atoms with Gasteiger partial charge in [0.1, 0.15) is 6.54 Å². The molecule has 0 atom stereocenters. The van der Waals surface area contributed by atoms with Crippen molar-refractivity contribution in [2.45, 2.75) is 18.7 Å². The van der Waals surface area contributed by atoms with Gasteiger partial charge in [-0.15, -0.1) is 11.8 Å². The van der Waals surface area contributed by atoms with Crippen LogP contribution in [0.15, 0.2) is 46.2 Å². The maximum atomic E-state index is 12.8. The van der Waals surface area contributed by atoms with Crippen LogP contribution in [0.25, 0.3) is 6.08 Å². The molecule has 1 saturated heterocycles. The molecule has 1 aliphatic rings. The van der Waals surface area contributed by atoms with Crippen LogP contribution in [-0.4, -0.2) is 48.0 Å². The number of nitrogens with one attached hydrogen (secondary N) is 1. The van der Waals surface area contributed by atoms with E-state index in [9.17, 15) is 14.4 Å². The van der Waals surface area contributed by atoms with E-state index in [0.29, 0.717) is 41.0 Å². The summed E-state index contributed by atoms with van der Waals surface area (Å²) in [6, 6.07) is 10.6. The third-order valence-electron chi connectivity index (χ3n) is 4.45. The number of amides is 3. The normalized spacial score (nSPS) is 14.7. The molecule has 3 amide bonds. The zero-order valence-electron chi connectivity index (χ0n) is 18.3. The number of nitrogens with zero attached hydrogens (tertiary/aromatic N) is 1. The van der Waals surface area contributed by atoms with Crippen LogP contribution in [0, 0.1) is 0 Å². The molecule has 0 aromatic heterocycles. The number of imide groups is 1. The Hall–Kier alpha value is -2.62. The summed E-state index contributed by atoms with van der Waals surface area (Å²) in [5.74, 6) is -0.127. The van der Waals surface area contributed by atoms with Crippen LogP contribution in [0.3, 0.4) is 0 Å². The Morgan fingerprint density at radius 1 is 1.18 bits per heavy atom. The molecule has 0 aliphatic carbocycles. The number of hydrogen-bond donors (Lipinski definition) is 1. The second-order valence-electron chi connectivity index (χ2n) is 6.74. The third-order valence-corrected chi connectivity index (χ3v) is 6.36. The van der Waals surface area contributed by atoms with Gasteiger partial charge in [-0.1, -0.05) is 17.7 Å². The number of halogens is 1. The van der Waals surface area contributed by atoms with E-state index in [1.807, 2.05) is 38.3 Å². The summed E-state index contributed by atoms with van der Waals surface area (Å²) in [4.78, 5) is 39.8. The predicted octanol–water partition coefficient (Wildman–Crippen LogP) is 5.53. The molecule has 1 aliphatic heterocycles. The van der Waals surface area contributed by atoms with E-state index in [0.717, 1.165) is 21.6 Å². The van der Waals surface area contributed by atoms with E-state index in [1.165, 1.54) is 0 Å². The van der Waals surface area contributed by atoms with Gasteiger partial charge in [-0.2, -0.15) is 0 Å². The van der Waals surface area contributed by atoms with Crippen molar-refractivity contribution in [3.05, 3.63) is 51.9 Å². The fourth-order valence-corrected chi connectivity index (χ4v) is 4.62. The predicted molar refractivity (Wildman–Crippen MR) is 133 cm³/mol. The zero-order valence-corrected chi connectivity index (χ0v) is 20.7. The van der Waals surface area contributed by atoms with Crippen molar-refractivity contribution in [3.8, 4) is 11.5 Å². The molecule has 2 aromatic carbocycles. The monoisotopic (exact) mass is 506 g/mol. The highest BCUT2D eigenvalue weighted by molar-refractivity contribution is 8.18. The van der Waals surface area contributed by atoms with Gasteiger partial charge in [-0.3, -0.25) is 19.3 Å². The average molecular weight is 507 g/mol. The van der Waals surface area contributed by atoms with Crippen molar-refractivity contribution in [2.75, 3.05) is 31.3 Å². The number of rotatable bonds is 9. The maximum Gasteiger partial charge on any atom is 0.294 e. The smallest absolute Gasteiger partial charge is 0.294 e. The topological polar surface area (TPSA) is 84.9 Å². The lowest BCUT2D eigenvalue weighted by molar-refractivity contribution is -0.127. The van der Waals surface area contributed by atoms with Crippen LogP contribution in [0.2, 0.25) is 5.02 Å². The first-order valence-electron chi connectivity index (χ1n) is 10.1. The molecule has 174 valence electrons. The zero-order chi connectivity index (χ0) is 24.0. The van der Waals surface area contributed by atoms with E-state index >= 15 is 0 Å². The SMILES string of the molecule is CCOc1cc(/C=C2/SC(=O)N(CC(=O)Nc3cccc(SC)c3)C2=O)cc(Cl)c1OCC. The molecule has 0 bridgehead atoms. The molecule has 3 rings (SSSR count). The second kappa shape index (κ2) is 11.5. The lowest BCUT2D eigenvalue weighted by atomic mass is 10.1. The molecule has 0 unspecified atom stereocenters. The molecular formula is C23H23ClN2O5S2. The molecule has 1 N–H and O–H groups in total. The highest BCUT2D eigenvalue weighted by Gasteiger charge is 2.36. The Labute approximate surface area is 205 Å². The number of ether oxygens (including phenoxy) is 2. The van der Waals surface area contributed by atoms with Crippen LogP contribution in [0.5, 0.6) is 11.5 Å². The van der Waals surface area contributed by atoms with Crippen molar-refractivity contribution in [2.24, 2.45) is 0 Å². The Morgan fingerprint density at radius 2 is 1.94 bits per heavy atom. The first-order chi connectivity index (χ1) is 15.9. The summed E-state index contributed by atoms with van der Waals surface area (Å²) in [5, 5.41) is 2.54. The number of anilines is 1. The van der Waals surface area contributed by atoms with E-state index in [1.54, 1.807) is 36.0 Å². The Kier molecular flexibility index (Phi) is 8.71. The lowest BCUT2D eigenvalue weighted by Crippen LogP contribution is -2.36. The molecule has 33 heavy (non-hydrogen) atoms. The first-order valence-corrected chi connectivity index (χ1v) is 12.6. The van der Waals surface area contributed by atoms with Gasteiger partial charge in [-0.05, 0) is 73.8 Å².